The van der Waals surface area contributed by atoms with Crippen molar-refractivity contribution in [2.24, 2.45) is 13.0 Å². The van der Waals surface area contributed by atoms with E-state index in [1.54, 1.807) is 0 Å². The largest absolute Gasteiger partial charge is 0.309 e. The Bertz CT molecular complexity index is 373. The van der Waals surface area contributed by atoms with Gasteiger partial charge in [-0.25, -0.2) is 0 Å². The number of nitrogens with one attached hydrogen (secondary N) is 1. The van der Waals surface area contributed by atoms with Crippen LogP contribution in [0.1, 0.15) is 51.9 Å². The lowest BCUT2D eigenvalue weighted by Gasteiger charge is -2.17. The smallest absolute Gasteiger partial charge is 0.0767 e. The van der Waals surface area contributed by atoms with Crippen LogP contribution in [0.15, 0.2) is 4.47 Å². The third-order valence-electron chi connectivity index (χ3n) is 3.57. The fraction of sp³-hybridized carbons (Fsp3) is 0.786. The topological polar surface area (TPSA) is 29.9 Å². The molecule has 2 unspecified atom stereocenters. The summed E-state index contributed by atoms with van der Waals surface area (Å²) in [4.78, 5) is 0. The molecule has 3 nitrogen and oxygen atoms in total. The van der Waals surface area contributed by atoms with E-state index < -0.39 is 0 Å². The van der Waals surface area contributed by atoms with Crippen LogP contribution in [-0.4, -0.2) is 15.8 Å². The summed E-state index contributed by atoms with van der Waals surface area (Å²) in [5, 5.41) is 8.11. The van der Waals surface area contributed by atoms with Crippen LogP contribution in [0.25, 0.3) is 0 Å². The van der Waals surface area contributed by atoms with Crippen molar-refractivity contribution in [3.05, 3.63) is 15.9 Å². The molecule has 0 saturated carbocycles. The molecule has 0 bridgehead atoms. The summed E-state index contributed by atoms with van der Waals surface area (Å²) in [6.45, 7) is 9.84. The van der Waals surface area contributed by atoms with E-state index in [-0.39, 0.29) is 0 Å². The maximum atomic E-state index is 4.51. The van der Waals surface area contributed by atoms with Gasteiger partial charge >= 0.3 is 0 Å². The van der Waals surface area contributed by atoms with Crippen molar-refractivity contribution in [3.8, 4) is 0 Å². The van der Waals surface area contributed by atoms with E-state index in [1.807, 2.05) is 11.7 Å². The van der Waals surface area contributed by atoms with Crippen molar-refractivity contribution in [1.29, 1.82) is 0 Å². The molecule has 2 atom stereocenters. The van der Waals surface area contributed by atoms with Gasteiger partial charge < -0.3 is 5.32 Å². The molecular formula is C14H26BrN3. The highest BCUT2D eigenvalue weighted by Gasteiger charge is 2.13. The SMILES string of the molecule is CCc1nn(C)c(CNC(C)CC(C)CC)c1Br. The molecule has 0 radical (unpaired) electrons. The van der Waals surface area contributed by atoms with E-state index in [0.717, 1.165) is 29.1 Å². The molecule has 1 rings (SSSR count). The third kappa shape index (κ3) is 4.09. The van der Waals surface area contributed by atoms with Crippen LogP contribution in [0.3, 0.4) is 0 Å². The van der Waals surface area contributed by atoms with Crippen molar-refractivity contribution in [3.63, 3.8) is 0 Å². The van der Waals surface area contributed by atoms with Gasteiger partial charge in [0.2, 0.25) is 0 Å². The van der Waals surface area contributed by atoms with E-state index in [1.165, 1.54) is 18.5 Å². The fourth-order valence-corrected chi connectivity index (χ4v) is 2.89. The zero-order valence-electron chi connectivity index (χ0n) is 12.3. The fourth-order valence-electron chi connectivity index (χ4n) is 2.14. The molecule has 0 spiro atoms. The molecule has 4 heteroatoms. The van der Waals surface area contributed by atoms with Crippen LogP contribution >= 0.6 is 15.9 Å². The maximum Gasteiger partial charge on any atom is 0.0767 e. The van der Waals surface area contributed by atoms with Gasteiger partial charge in [0.05, 0.1) is 15.9 Å². The van der Waals surface area contributed by atoms with Crippen molar-refractivity contribution in [1.82, 2.24) is 15.1 Å². The molecule has 1 aromatic heterocycles. The Morgan fingerprint density at radius 1 is 1.33 bits per heavy atom. The average molecular weight is 316 g/mol. The zero-order chi connectivity index (χ0) is 13.7. The first-order valence-corrected chi connectivity index (χ1v) is 7.72. The summed E-state index contributed by atoms with van der Waals surface area (Å²) in [6.07, 6.45) is 3.45. The molecular weight excluding hydrogens is 290 g/mol. The Kier molecular flexibility index (Phi) is 6.36. The standard InChI is InChI=1S/C14H26BrN3/c1-6-10(3)8-11(4)16-9-13-14(15)12(7-2)17-18(13)5/h10-11,16H,6-9H2,1-5H3. The summed E-state index contributed by atoms with van der Waals surface area (Å²) >= 11 is 3.65. The van der Waals surface area contributed by atoms with Gasteiger partial charge in [0.1, 0.15) is 0 Å². The minimum absolute atomic E-state index is 0.548. The van der Waals surface area contributed by atoms with Crippen molar-refractivity contribution in [2.45, 2.75) is 59.5 Å². The molecule has 0 aliphatic heterocycles. The molecule has 104 valence electrons. The lowest BCUT2D eigenvalue weighted by molar-refractivity contribution is 0.407. The number of rotatable bonds is 7. The van der Waals surface area contributed by atoms with E-state index >= 15 is 0 Å². The summed E-state index contributed by atoms with van der Waals surface area (Å²) in [5.74, 6) is 0.786. The molecule has 0 fully saturated rings. The first-order chi connectivity index (χ1) is 8.49. The van der Waals surface area contributed by atoms with Gasteiger partial charge in [-0.05, 0) is 41.6 Å². The first-order valence-electron chi connectivity index (χ1n) is 6.93. The van der Waals surface area contributed by atoms with Crippen LogP contribution in [0.2, 0.25) is 0 Å². The van der Waals surface area contributed by atoms with Crippen LogP contribution in [-0.2, 0) is 20.0 Å². The zero-order valence-corrected chi connectivity index (χ0v) is 13.8. The lowest BCUT2D eigenvalue weighted by atomic mass is 10.0. The Morgan fingerprint density at radius 2 is 2.00 bits per heavy atom. The van der Waals surface area contributed by atoms with Gasteiger partial charge in [0.15, 0.2) is 0 Å². The second kappa shape index (κ2) is 7.29. The third-order valence-corrected chi connectivity index (χ3v) is 4.49. The number of halogens is 1. The summed E-state index contributed by atoms with van der Waals surface area (Å²) in [7, 11) is 2.01. The van der Waals surface area contributed by atoms with E-state index in [2.05, 4.69) is 54.0 Å². The molecule has 0 saturated heterocycles. The summed E-state index contributed by atoms with van der Waals surface area (Å²) in [6, 6.07) is 0.548. The Balaban J connectivity index is 2.55. The van der Waals surface area contributed by atoms with Crippen LogP contribution in [0.5, 0.6) is 0 Å². The first kappa shape index (κ1) is 15.7. The normalized spacial score (nSPS) is 14.8. The van der Waals surface area contributed by atoms with E-state index in [0.29, 0.717) is 6.04 Å². The van der Waals surface area contributed by atoms with Crippen LogP contribution in [0, 0.1) is 5.92 Å². The van der Waals surface area contributed by atoms with Gasteiger partial charge in [-0.15, -0.1) is 0 Å². The van der Waals surface area contributed by atoms with Gasteiger partial charge in [0.25, 0.3) is 0 Å². The number of hydrogen-bond acceptors (Lipinski definition) is 2. The van der Waals surface area contributed by atoms with Crippen molar-refractivity contribution in [2.75, 3.05) is 0 Å². The number of aromatic nitrogens is 2. The second-order valence-corrected chi connectivity index (χ2v) is 6.01. The van der Waals surface area contributed by atoms with Crippen molar-refractivity contribution >= 4 is 15.9 Å². The molecule has 0 aliphatic carbocycles. The summed E-state index contributed by atoms with van der Waals surface area (Å²) < 4.78 is 3.14. The average Bonchev–Trinajstić information content (AvgIpc) is 2.61. The monoisotopic (exact) mass is 315 g/mol. The van der Waals surface area contributed by atoms with Crippen molar-refractivity contribution < 1.29 is 0 Å². The van der Waals surface area contributed by atoms with E-state index in [4.69, 9.17) is 0 Å². The molecule has 1 heterocycles. The maximum absolute atomic E-state index is 4.51. The molecule has 1 aromatic rings. The Morgan fingerprint density at radius 3 is 2.50 bits per heavy atom. The second-order valence-electron chi connectivity index (χ2n) is 5.22. The molecule has 0 aromatic carbocycles. The van der Waals surface area contributed by atoms with Gasteiger partial charge in [0, 0.05) is 19.6 Å². The van der Waals surface area contributed by atoms with E-state index in [9.17, 15) is 0 Å². The van der Waals surface area contributed by atoms with Gasteiger partial charge in [-0.1, -0.05) is 27.2 Å². The Hall–Kier alpha value is -0.350. The van der Waals surface area contributed by atoms with Gasteiger partial charge in [-0.3, -0.25) is 4.68 Å². The number of nitrogens with zero attached hydrogens (tertiary/aromatic N) is 2. The predicted octanol–water partition coefficient (Wildman–Crippen LogP) is 3.66. The minimum Gasteiger partial charge on any atom is -0.309 e. The highest BCUT2D eigenvalue weighted by molar-refractivity contribution is 9.10. The number of hydrogen-bond donors (Lipinski definition) is 1. The molecule has 0 amide bonds. The predicted molar refractivity (Wildman–Crippen MR) is 80.7 cm³/mol. The summed E-state index contributed by atoms with van der Waals surface area (Å²) in [5.41, 5.74) is 2.38. The highest BCUT2D eigenvalue weighted by Crippen LogP contribution is 2.21. The molecule has 0 aliphatic rings. The Labute approximate surface area is 119 Å². The quantitative estimate of drug-likeness (QED) is 0.832. The highest BCUT2D eigenvalue weighted by atomic mass is 79.9. The molecule has 18 heavy (non-hydrogen) atoms. The van der Waals surface area contributed by atoms with Crippen LogP contribution < -0.4 is 5.32 Å². The van der Waals surface area contributed by atoms with Crippen LogP contribution in [0.4, 0.5) is 0 Å². The molecule has 1 N–H and O–H groups in total. The van der Waals surface area contributed by atoms with Gasteiger partial charge in [-0.2, -0.15) is 5.10 Å². The number of aryl methyl sites for hydroxylation is 2. The lowest BCUT2D eigenvalue weighted by Crippen LogP contribution is -2.28. The minimum atomic E-state index is 0.548.